The summed E-state index contributed by atoms with van der Waals surface area (Å²) in [5, 5.41) is 0. The van der Waals surface area contributed by atoms with E-state index in [9.17, 15) is 4.79 Å². The first-order valence-electron chi connectivity index (χ1n) is 8.53. The summed E-state index contributed by atoms with van der Waals surface area (Å²) in [6.07, 6.45) is 2.36. The van der Waals surface area contributed by atoms with E-state index in [2.05, 4.69) is 9.88 Å². The van der Waals surface area contributed by atoms with Crippen LogP contribution in [-0.2, 0) is 6.61 Å². The molecule has 0 aliphatic carbocycles. The lowest BCUT2D eigenvalue weighted by atomic mass is 10.2. The SMILES string of the molecule is CN(C)[C@@H]1CCN(C(=O)c2coc(COc3ccc4c(c3)OCO4)n2)C1. The van der Waals surface area contributed by atoms with E-state index in [-0.39, 0.29) is 19.3 Å². The van der Waals surface area contributed by atoms with Gasteiger partial charge in [0.1, 0.15) is 12.0 Å². The molecule has 26 heavy (non-hydrogen) atoms. The molecule has 2 aliphatic rings. The standard InChI is InChI=1S/C18H21N3O5/c1-20(2)12-5-6-21(8-12)18(22)14-9-24-17(19-14)10-23-13-3-4-15-16(7-13)26-11-25-15/h3-4,7,9,12H,5-6,8,10-11H2,1-2H3/t12-/m1/s1. The van der Waals surface area contributed by atoms with Crippen molar-refractivity contribution in [1.82, 2.24) is 14.8 Å². The van der Waals surface area contributed by atoms with Crippen molar-refractivity contribution < 1.29 is 23.4 Å². The highest BCUT2D eigenvalue weighted by molar-refractivity contribution is 5.92. The van der Waals surface area contributed by atoms with Gasteiger partial charge in [-0.2, -0.15) is 0 Å². The third-order valence-corrected chi connectivity index (χ3v) is 4.66. The fourth-order valence-corrected chi connectivity index (χ4v) is 3.10. The number of benzene rings is 1. The number of ether oxygens (including phenoxy) is 3. The number of likely N-dealkylation sites (tertiary alicyclic amines) is 1. The van der Waals surface area contributed by atoms with Crippen LogP contribution in [0.3, 0.4) is 0 Å². The van der Waals surface area contributed by atoms with Gasteiger partial charge < -0.3 is 28.4 Å². The molecule has 0 saturated carbocycles. The number of nitrogens with zero attached hydrogens (tertiary/aromatic N) is 3. The smallest absolute Gasteiger partial charge is 0.275 e. The third-order valence-electron chi connectivity index (χ3n) is 4.66. The molecular weight excluding hydrogens is 338 g/mol. The molecule has 1 saturated heterocycles. The van der Waals surface area contributed by atoms with Crippen LogP contribution in [0.1, 0.15) is 22.8 Å². The van der Waals surface area contributed by atoms with Crippen molar-refractivity contribution in [2.75, 3.05) is 34.0 Å². The second-order valence-corrected chi connectivity index (χ2v) is 6.59. The third kappa shape index (κ3) is 3.32. The molecule has 2 aliphatic heterocycles. The predicted octanol–water partition coefficient (Wildman–Crippen LogP) is 1.76. The minimum atomic E-state index is -0.104. The van der Waals surface area contributed by atoms with Gasteiger partial charge in [0, 0.05) is 25.2 Å². The van der Waals surface area contributed by atoms with Crippen molar-refractivity contribution >= 4 is 5.91 Å². The van der Waals surface area contributed by atoms with Crippen LogP contribution in [0.5, 0.6) is 17.2 Å². The first-order valence-corrected chi connectivity index (χ1v) is 8.53. The summed E-state index contributed by atoms with van der Waals surface area (Å²) in [5.74, 6) is 2.22. The van der Waals surface area contributed by atoms with Crippen molar-refractivity contribution in [2.24, 2.45) is 0 Å². The van der Waals surface area contributed by atoms with Gasteiger partial charge in [-0.1, -0.05) is 0 Å². The fourth-order valence-electron chi connectivity index (χ4n) is 3.10. The molecule has 1 amide bonds. The number of likely N-dealkylation sites (N-methyl/N-ethyl adjacent to an activating group) is 1. The summed E-state index contributed by atoms with van der Waals surface area (Å²) in [5.41, 5.74) is 0.314. The Hall–Kier alpha value is -2.74. The second-order valence-electron chi connectivity index (χ2n) is 6.59. The minimum Gasteiger partial charge on any atom is -0.484 e. The Morgan fingerprint density at radius 2 is 2.19 bits per heavy atom. The van der Waals surface area contributed by atoms with Crippen LogP contribution >= 0.6 is 0 Å². The summed E-state index contributed by atoms with van der Waals surface area (Å²) >= 11 is 0. The van der Waals surface area contributed by atoms with Crippen LogP contribution in [0.4, 0.5) is 0 Å². The highest BCUT2D eigenvalue weighted by Crippen LogP contribution is 2.35. The number of hydrogen-bond donors (Lipinski definition) is 0. The molecule has 0 radical (unpaired) electrons. The summed E-state index contributed by atoms with van der Waals surface area (Å²) in [7, 11) is 4.06. The Kier molecular flexibility index (Phi) is 4.42. The van der Waals surface area contributed by atoms with Crippen molar-refractivity contribution in [3.05, 3.63) is 36.0 Å². The van der Waals surface area contributed by atoms with Gasteiger partial charge in [0.2, 0.25) is 12.7 Å². The maximum Gasteiger partial charge on any atom is 0.275 e. The van der Waals surface area contributed by atoms with Gasteiger partial charge in [-0.05, 0) is 32.6 Å². The molecule has 1 fully saturated rings. The first kappa shape index (κ1) is 16.7. The van der Waals surface area contributed by atoms with Crippen LogP contribution < -0.4 is 14.2 Å². The number of rotatable bonds is 5. The average molecular weight is 359 g/mol. The Labute approximate surface area is 151 Å². The molecule has 1 atom stereocenters. The molecule has 138 valence electrons. The zero-order valence-corrected chi connectivity index (χ0v) is 14.8. The van der Waals surface area contributed by atoms with E-state index in [0.717, 1.165) is 13.0 Å². The van der Waals surface area contributed by atoms with Crippen LogP contribution in [0.2, 0.25) is 0 Å². The highest BCUT2D eigenvalue weighted by atomic mass is 16.7. The summed E-state index contributed by atoms with van der Waals surface area (Å²) in [6.45, 7) is 1.79. The Morgan fingerprint density at radius 1 is 1.35 bits per heavy atom. The molecule has 0 unspecified atom stereocenters. The van der Waals surface area contributed by atoms with Gasteiger partial charge in [-0.25, -0.2) is 4.98 Å². The molecule has 2 aromatic rings. The van der Waals surface area contributed by atoms with Crippen molar-refractivity contribution in [2.45, 2.75) is 19.1 Å². The van der Waals surface area contributed by atoms with E-state index in [4.69, 9.17) is 18.6 Å². The molecule has 4 rings (SSSR count). The number of fused-ring (bicyclic) bond motifs is 1. The van der Waals surface area contributed by atoms with Crippen LogP contribution in [0.15, 0.2) is 28.9 Å². The lowest BCUT2D eigenvalue weighted by Crippen LogP contribution is -2.34. The number of hydrogen-bond acceptors (Lipinski definition) is 7. The maximum atomic E-state index is 12.5. The molecule has 8 heteroatoms. The largest absolute Gasteiger partial charge is 0.484 e. The van der Waals surface area contributed by atoms with Gasteiger partial charge in [0.25, 0.3) is 5.91 Å². The second kappa shape index (κ2) is 6.87. The van der Waals surface area contributed by atoms with Crippen molar-refractivity contribution in [1.29, 1.82) is 0 Å². The minimum absolute atomic E-state index is 0.104. The number of aromatic nitrogens is 1. The van der Waals surface area contributed by atoms with E-state index in [1.165, 1.54) is 6.26 Å². The zero-order valence-electron chi connectivity index (χ0n) is 14.8. The molecule has 1 aromatic heterocycles. The van der Waals surface area contributed by atoms with Crippen molar-refractivity contribution in [3.8, 4) is 17.2 Å². The molecular formula is C18H21N3O5. The maximum absolute atomic E-state index is 12.5. The quantitative estimate of drug-likeness (QED) is 0.805. The molecule has 0 N–H and O–H groups in total. The number of carbonyl (C=O) groups excluding carboxylic acids is 1. The van der Waals surface area contributed by atoms with Crippen LogP contribution in [0.25, 0.3) is 0 Å². The predicted molar refractivity (Wildman–Crippen MR) is 91.4 cm³/mol. The molecule has 3 heterocycles. The topological polar surface area (TPSA) is 77.3 Å². The van der Waals surface area contributed by atoms with Gasteiger partial charge in [0.05, 0.1) is 0 Å². The highest BCUT2D eigenvalue weighted by Gasteiger charge is 2.29. The van der Waals surface area contributed by atoms with Gasteiger partial charge in [-0.3, -0.25) is 4.79 Å². The molecule has 1 aromatic carbocycles. The first-order chi connectivity index (χ1) is 12.6. The number of amides is 1. The van der Waals surface area contributed by atoms with Gasteiger partial charge in [-0.15, -0.1) is 0 Å². The Bertz CT molecular complexity index is 804. The monoisotopic (exact) mass is 359 g/mol. The molecule has 0 bridgehead atoms. The van der Waals surface area contributed by atoms with Gasteiger partial charge >= 0.3 is 0 Å². The number of carbonyl (C=O) groups is 1. The van der Waals surface area contributed by atoms with E-state index in [0.29, 0.717) is 41.4 Å². The average Bonchev–Trinajstić information content (AvgIpc) is 3.38. The molecule has 8 nitrogen and oxygen atoms in total. The normalized spacial score (nSPS) is 18.6. The van der Waals surface area contributed by atoms with E-state index in [1.807, 2.05) is 19.0 Å². The van der Waals surface area contributed by atoms with Gasteiger partial charge in [0.15, 0.2) is 23.8 Å². The van der Waals surface area contributed by atoms with E-state index < -0.39 is 0 Å². The summed E-state index contributed by atoms with van der Waals surface area (Å²) < 4.78 is 21.6. The Morgan fingerprint density at radius 3 is 3.00 bits per heavy atom. The van der Waals surface area contributed by atoms with Crippen LogP contribution in [0, 0.1) is 0 Å². The van der Waals surface area contributed by atoms with E-state index >= 15 is 0 Å². The lowest BCUT2D eigenvalue weighted by molar-refractivity contribution is 0.0777. The van der Waals surface area contributed by atoms with Crippen LogP contribution in [-0.4, -0.2) is 60.7 Å². The lowest BCUT2D eigenvalue weighted by Gasteiger charge is -2.19. The fraction of sp³-hybridized carbons (Fsp3) is 0.444. The number of oxazole rings is 1. The molecule has 0 spiro atoms. The summed E-state index contributed by atoms with van der Waals surface area (Å²) in [4.78, 5) is 20.8. The van der Waals surface area contributed by atoms with E-state index in [1.54, 1.807) is 18.2 Å². The zero-order chi connectivity index (χ0) is 18.1. The van der Waals surface area contributed by atoms with Crippen molar-refractivity contribution in [3.63, 3.8) is 0 Å². The Balaban J connectivity index is 1.35. The summed E-state index contributed by atoms with van der Waals surface area (Å²) in [6, 6.07) is 5.72.